The van der Waals surface area contributed by atoms with E-state index in [4.69, 9.17) is 4.74 Å². The lowest BCUT2D eigenvalue weighted by Crippen LogP contribution is -2.43. The Kier molecular flexibility index (Phi) is 7.87. The van der Waals surface area contributed by atoms with Crippen LogP contribution in [0.3, 0.4) is 0 Å². The highest BCUT2D eigenvalue weighted by molar-refractivity contribution is 4.86. The molecular weight excluding hydrogens is 224 g/mol. The van der Waals surface area contributed by atoms with Crippen molar-refractivity contribution in [1.82, 2.24) is 10.2 Å². The van der Waals surface area contributed by atoms with E-state index in [1.807, 2.05) is 0 Å². The van der Waals surface area contributed by atoms with Crippen molar-refractivity contribution in [2.45, 2.75) is 45.4 Å². The van der Waals surface area contributed by atoms with Gasteiger partial charge in [-0.05, 0) is 31.8 Å². The molecule has 3 heteroatoms. The Morgan fingerprint density at radius 3 is 2.39 bits per heavy atom. The van der Waals surface area contributed by atoms with Crippen LogP contribution in [0, 0.1) is 5.41 Å². The molecule has 3 nitrogen and oxygen atoms in total. The Morgan fingerprint density at radius 1 is 1.17 bits per heavy atom. The molecule has 1 aliphatic carbocycles. The first-order valence-electron chi connectivity index (χ1n) is 7.61. The highest BCUT2D eigenvalue weighted by Gasteiger charge is 2.31. The van der Waals surface area contributed by atoms with Crippen molar-refractivity contribution >= 4 is 0 Å². The molecule has 0 heterocycles. The van der Waals surface area contributed by atoms with Crippen LogP contribution < -0.4 is 5.32 Å². The molecule has 0 aromatic heterocycles. The summed E-state index contributed by atoms with van der Waals surface area (Å²) in [7, 11) is 4.02. The van der Waals surface area contributed by atoms with Gasteiger partial charge in [0.2, 0.25) is 0 Å². The molecule has 1 N–H and O–H groups in total. The molecule has 0 aromatic rings. The van der Waals surface area contributed by atoms with E-state index in [1.165, 1.54) is 45.1 Å². The predicted octanol–water partition coefficient (Wildman–Crippen LogP) is 2.51. The third kappa shape index (κ3) is 5.68. The molecule has 0 unspecified atom stereocenters. The summed E-state index contributed by atoms with van der Waals surface area (Å²) in [6.45, 7) is 7.60. The van der Waals surface area contributed by atoms with Crippen molar-refractivity contribution in [2.75, 3.05) is 46.9 Å². The molecule has 1 saturated carbocycles. The minimum atomic E-state index is 0.495. The van der Waals surface area contributed by atoms with Crippen LogP contribution in [-0.2, 0) is 4.74 Å². The van der Waals surface area contributed by atoms with E-state index in [0.29, 0.717) is 5.41 Å². The lowest BCUT2D eigenvalue weighted by atomic mass is 9.79. The van der Waals surface area contributed by atoms with E-state index in [9.17, 15) is 0 Å². The fourth-order valence-electron chi connectivity index (χ4n) is 3.08. The lowest BCUT2D eigenvalue weighted by molar-refractivity contribution is 0.141. The summed E-state index contributed by atoms with van der Waals surface area (Å²) in [6, 6.07) is 0. The van der Waals surface area contributed by atoms with Gasteiger partial charge >= 0.3 is 0 Å². The zero-order chi connectivity index (χ0) is 13.3. The molecule has 0 amide bonds. The van der Waals surface area contributed by atoms with Crippen LogP contribution in [0.4, 0.5) is 0 Å². The maximum atomic E-state index is 5.12. The Labute approximate surface area is 113 Å². The molecule has 1 fully saturated rings. The Balaban J connectivity index is 2.48. The van der Waals surface area contributed by atoms with E-state index >= 15 is 0 Å². The second-order valence-corrected chi connectivity index (χ2v) is 5.91. The maximum Gasteiger partial charge on any atom is 0.0587 e. The number of nitrogens with one attached hydrogen (secondary N) is 1. The highest BCUT2D eigenvalue weighted by Crippen LogP contribution is 2.35. The van der Waals surface area contributed by atoms with Gasteiger partial charge in [-0.1, -0.05) is 32.6 Å². The molecule has 1 aliphatic rings. The number of nitrogens with zero attached hydrogens (tertiary/aromatic N) is 1. The summed E-state index contributed by atoms with van der Waals surface area (Å²) in [5, 5.41) is 3.60. The van der Waals surface area contributed by atoms with Gasteiger partial charge < -0.3 is 15.0 Å². The van der Waals surface area contributed by atoms with Crippen molar-refractivity contribution in [3.05, 3.63) is 0 Å². The number of methoxy groups -OCH3 is 1. The normalized spacial score (nSPS) is 20.0. The zero-order valence-electron chi connectivity index (χ0n) is 12.6. The summed E-state index contributed by atoms with van der Waals surface area (Å²) in [6.07, 6.45) is 8.44. The summed E-state index contributed by atoms with van der Waals surface area (Å²) in [5.41, 5.74) is 0.495. The molecule has 0 radical (unpaired) electrons. The summed E-state index contributed by atoms with van der Waals surface area (Å²) in [5.74, 6) is 0. The molecular formula is C15H32N2O. The average Bonchev–Trinajstić information content (AvgIpc) is 2.61. The number of hydrogen-bond donors (Lipinski definition) is 1. The Bertz CT molecular complexity index is 201. The molecule has 0 saturated heterocycles. The Morgan fingerprint density at radius 2 is 1.83 bits per heavy atom. The second kappa shape index (κ2) is 8.89. The van der Waals surface area contributed by atoms with Gasteiger partial charge in [-0.2, -0.15) is 0 Å². The molecule has 0 aromatic carbocycles. The van der Waals surface area contributed by atoms with Crippen LogP contribution in [-0.4, -0.2) is 51.8 Å². The largest absolute Gasteiger partial charge is 0.383 e. The van der Waals surface area contributed by atoms with Gasteiger partial charge in [0.05, 0.1) is 6.61 Å². The van der Waals surface area contributed by atoms with Gasteiger partial charge in [-0.3, -0.25) is 0 Å². The van der Waals surface area contributed by atoms with Crippen LogP contribution in [0.15, 0.2) is 0 Å². The van der Waals surface area contributed by atoms with Crippen molar-refractivity contribution in [3.63, 3.8) is 0 Å². The molecule has 0 atom stereocenters. The van der Waals surface area contributed by atoms with Gasteiger partial charge in [0.25, 0.3) is 0 Å². The zero-order valence-corrected chi connectivity index (χ0v) is 12.6. The Hall–Kier alpha value is -0.120. The van der Waals surface area contributed by atoms with E-state index in [1.54, 1.807) is 7.11 Å². The standard InChI is InChI=1S/C15H32N2O/c1-4-17(2)14-15(13-16-11-12-18-3)9-7-5-6-8-10-15/h16H,4-14H2,1-3H3. The van der Waals surface area contributed by atoms with E-state index < -0.39 is 0 Å². The quantitative estimate of drug-likeness (QED) is 0.533. The first-order valence-corrected chi connectivity index (χ1v) is 7.61. The summed E-state index contributed by atoms with van der Waals surface area (Å²) >= 11 is 0. The third-order valence-corrected chi connectivity index (χ3v) is 4.29. The van der Waals surface area contributed by atoms with Gasteiger partial charge in [0.1, 0.15) is 0 Å². The van der Waals surface area contributed by atoms with Gasteiger partial charge in [-0.25, -0.2) is 0 Å². The van der Waals surface area contributed by atoms with Crippen LogP contribution in [0.2, 0.25) is 0 Å². The van der Waals surface area contributed by atoms with E-state index in [2.05, 4.69) is 24.2 Å². The van der Waals surface area contributed by atoms with Crippen molar-refractivity contribution < 1.29 is 4.74 Å². The fourth-order valence-corrected chi connectivity index (χ4v) is 3.08. The predicted molar refractivity (Wildman–Crippen MR) is 78.1 cm³/mol. The molecule has 0 aliphatic heterocycles. The first kappa shape index (κ1) is 15.9. The number of ether oxygens (including phenoxy) is 1. The second-order valence-electron chi connectivity index (χ2n) is 5.91. The van der Waals surface area contributed by atoms with Crippen LogP contribution in [0.5, 0.6) is 0 Å². The molecule has 0 spiro atoms. The summed E-state index contributed by atoms with van der Waals surface area (Å²) < 4.78 is 5.12. The molecule has 0 bridgehead atoms. The molecule has 1 rings (SSSR count). The smallest absolute Gasteiger partial charge is 0.0587 e. The SMILES string of the molecule is CCN(C)CC1(CNCCOC)CCCCCC1. The molecule has 18 heavy (non-hydrogen) atoms. The maximum absolute atomic E-state index is 5.12. The summed E-state index contributed by atoms with van der Waals surface area (Å²) in [4.78, 5) is 2.48. The third-order valence-electron chi connectivity index (χ3n) is 4.29. The van der Waals surface area contributed by atoms with E-state index in [-0.39, 0.29) is 0 Å². The van der Waals surface area contributed by atoms with Gasteiger partial charge in [-0.15, -0.1) is 0 Å². The van der Waals surface area contributed by atoms with Crippen LogP contribution in [0.25, 0.3) is 0 Å². The monoisotopic (exact) mass is 256 g/mol. The minimum absolute atomic E-state index is 0.495. The van der Waals surface area contributed by atoms with Crippen molar-refractivity contribution in [3.8, 4) is 0 Å². The van der Waals surface area contributed by atoms with Crippen LogP contribution >= 0.6 is 0 Å². The minimum Gasteiger partial charge on any atom is -0.383 e. The number of rotatable bonds is 8. The highest BCUT2D eigenvalue weighted by atomic mass is 16.5. The lowest BCUT2D eigenvalue weighted by Gasteiger charge is -2.36. The van der Waals surface area contributed by atoms with Gasteiger partial charge in [0, 0.05) is 26.7 Å². The average molecular weight is 256 g/mol. The van der Waals surface area contributed by atoms with Crippen LogP contribution in [0.1, 0.15) is 45.4 Å². The van der Waals surface area contributed by atoms with Crippen molar-refractivity contribution in [1.29, 1.82) is 0 Å². The molecule has 108 valence electrons. The fraction of sp³-hybridized carbons (Fsp3) is 1.00. The first-order chi connectivity index (χ1) is 8.72. The van der Waals surface area contributed by atoms with E-state index in [0.717, 1.165) is 26.2 Å². The van der Waals surface area contributed by atoms with Crippen molar-refractivity contribution in [2.24, 2.45) is 5.41 Å². The topological polar surface area (TPSA) is 24.5 Å². The van der Waals surface area contributed by atoms with Gasteiger partial charge in [0.15, 0.2) is 0 Å². The number of hydrogen-bond acceptors (Lipinski definition) is 3.